The highest BCUT2D eigenvalue weighted by Gasteiger charge is 2.15. The SMILES string of the molecule is COc1ccc(Br)c(C(=O)Oc2cc(Cl)ccc2Cl)c1. The molecule has 0 aliphatic rings. The molecule has 0 unspecified atom stereocenters. The Kier molecular flexibility index (Phi) is 4.91. The molecule has 104 valence electrons. The van der Waals surface area contributed by atoms with E-state index in [1.54, 1.807) is 30.3 Å². The normalized spacial score (nSPS) is 10.2. The number of carbonyl (C=O) groups is 1. The van der Waals surface area contributed by atoms with Crippen LogP contribution in [0.1, 0.15) is 10.4 Å². The third-order valence-electron chi connectivity index (χ3n) is 2.49. The lowest BCUT2D eigenvalue weighted by molar-refractivity contribution is 0.0733. The third kappa shape index (κ3) is 3.45. The van der Waals surface area contributed by atoms with E-state index < -0.39 is 5.97 Å². The van der Waals surface area contributed by atoms with Crippen molar-refractivity contribution in [2.45, 2.75) is 0 Å². The molecule has 0 aromatic heterocycles. The van der Waals surface area contributed by atoms with Crippen LogP contribution in [-0.2, 0) is 0 Å². The number of esters is 1. The fourth-order valence-electron chi connectivity index (χ4n) is 1.50. The molecule has 0 amide bonds. The molecule has 3 nitrogen and oxygen atoms in total. The van der Waals surface area contributed by atoms with Crippen LogP contribution >= 0.6 is 39.1 Å². The minimum atomic E-state index is -0.556. The van der Waals surface area contributed by atoms with Crippen LogP contribution in [0.4, 0.5) is 0 Å². The van der Waals surface area contributed by atoms with Gasteiger partial charge in [0.05, 0.1) is 17.7 Å². The van der Waals surface area contributed by atoms with Gasteiger partial charge in [-0.15, -0.1) is 0 Å². The number of methoxy groups -OCH3 is 1. The standard InChI is InChI=1S/C14H9BrCl2O3/c1-19-9-3-4-11(15)10(7-9)14(18)20-13-6-8(16)2-5-12(13)17/h2-7H,1H3. The molecule has 0 fully saturated rings. The second-order valence-corrected chi connectivity index (χ2v) is 5.51. The average Bonchev–Trinajstić information content (AvgIpc) is 2.43. The number of hydrogen-bond donors (Lipinski definition) is 0. The second-order valence-electron chi connectivity index (χ2n) is 3.81. The summed E-state index contributed by atoms with van der Waals surface area (Å²) in [6, 6.07) is 9.67. The van der Waals surface area contributed by atoms with Crippen molar-refractivity contribution in [3.05, 3.63) is 56.5 Å². The third-order valence-corrected chi connectivity index (χ3v) is 3.73. The number of hydrogen-bond acceptors (Lipinski definition) is 3. The molecule has 20 heavy (non-hydrogen) atoms. The van der Waals surface area contributed by atoms with E-state index in [1.165, 1.54) is 13.2 Å². The first-order valence-electron chi connectivity index (χ1n) is 5.52. The maximum atomic E-state index is 12.2. The Bertz CT molecular complexity index is 659. The second kappa shape index (κ2) is 6.48. The fraction of sp³-hybridized carbons (Fsp3) is 0.0714. The van der Waals surface area contributed by atoms with Crippen molar-refractivity contribution in [2.24, 2.45) is 0 Å². The van der Waals surface area contributed by atoms with Gasteiger partial charge in [-0.05, 0) is 46.3 Å². The van der Waals surface area contributed by atoms with Crippen LogP contribution in [0.2, 0.25) is 10.0 Å². The molecule has 6 heteroatoms. The van der Waals surface area contributed by atoms with E-state index in [-0.39, 0.29) is 5.75 Å². The summed E-state index contributed by atoms with van der Waals surface area (Å²) in [5, 5.41) is 0.740. The lowest BCUT2D eigenvalue weighted by atomic mass is 10.2. The zero-order valence-electron chi connectivity index (χ0n) is 10.3. The van der Waals surface area contributed by atoms with Crippen LogP contribution in [0.3, 0.4) is 0 Å². The maximum Gasteiger partial charge on any atom is 0.344 e. The van der Waals surface area contributed by atoms with Crippen LogP contribution in [0.5, 0.6) is 11.5 Å². The summed E-state index contributed by atoms with van der Waals surface area (Å²) < 4.78 is 10.9. The number of benzene rings is 2. The van der Waals surface area contributed by atoms with E-state index >= 15 is 0 Å². The van der Waals surface area contributed by atoms with Crippen molar-refractivity contribution in [2.75, 3.05) is 7.11 Å². The van der Waals surface area contributed by atoms with Crippen molar-refractivity contribution in [3.8, 4) is 11.5 Å². The largest absolute Gasteiger partial charge is 0.497 e. The van der Waals surface area contributed by atoms with Gasteiger partial charge in [0.2, 0.25) is 0 Å². The number of halogens is 3. The van der Waals surface area contributed by atoms with Gasteiger partial charge in [-0.25, -0.2) is 4.79 Å². The predicted molar refractivity (Wildman–Crippen MR) is 82.1 cm³/mol. The summed E-state index contributed by atoms with van der Waals surface area (Å²) >= 11 is 15.1. The Morgan fingerprint density at radius 3 is 2.60 bits per heavy atom. The number of ether oxygens (including phenoxy) is 2. The highest BCUT2D eigenvalue weighted by molar-refractivity contribution is 9.10. The van der Waals surface area contributed by atoms with Crippen LogP contribution in [0.25, 0.3) is 0 Å². The molecule has 0 saturated heterocycles. The van der Waals surface area contributed by atoms with Crippen molar-refractivity contribution < 1.29 is 14.3 Å². The molecule has 2 aromatic carbocycles. The summed E-state index contributed by atoms with van der Waals surface area (Å²) in [6.45, 7) is 0. The number of rotatable bonds is 3. The number of carbonyl (C=O) groups excluding carboxylic acids is 1. The van der Waals surface area contributed by atoms with E-state index in [2.05, 4.69) is 15.9 Å². The Labute approximate surface area is 134 Å². The molecule has 2 rings (SSSR count). The highest BCUT2D eigenvalue weighted by Crippen LogP contribution is 2.30. The smallest absolute Gasteiger partial charge is 0.344 e. The molecule has 0 bridgehead atoms. The first kappa shape index (κ1) is 15.2. The van der Waals surface area contributed by atoms with Crippen LogP contribution in [-0.4, -0.2) is 13.1 Å². The van der Waals surface area contributed by atoms with Crippen LogP contribution < -0.4 is 9.47 Å². The first-order valence-corrected chi connectivity index (χ1v) is 7.07. The van der Waals surface area contributed by atoms with Gasteiger partial charge in [0.25, 0.3) is 0 Å². The zero-order chi connectivity index (χ0) is 14.7. The van der Waals surface area contributed by atoms with Gasteiger partial charge in [-0.1, -0.05) is 23.2 Å². The van der Waals surface area contributed by atoms with Gasteiger partial charge >= 0.3 is 5.97 Å². The summed E-state index contributed by atoms with van der Waals surface area (Å²) in [5.41, 5.74) is 0.334. The van der Waals surface area contributed by atoms with E-state index in [0.717, 1.165) is 0 Å². The summed E-state index contributed by atoms with van der Waals surface area (Å²) in [5.74, 6) is 0.205. The Hall–Kier alpha value is -1.23. The van der Waals surface area contributed by atoms with Gasteiger partial charge in [-0.3, -0.25) is 0 Å². The minimum Gasteiger partial charge on any atom is -0.497 e. The average molecular weight is 376 g/mol. The molecule has 0 N–H and O–H groups in total. The van der Waals surface area contributed by atoms with Gasteiger partial charge in [0.1, 0.15) is 5.75 Å². The molecule has 0 atom stereocenters. The van der Waals surface area contributed by atoms with E-state index in [4.69, 9.17) is 32.7 Å². The molecule has 0 heterocycles. The molecule has 0 spiro atoms. The molecular weight excluding hydrogens is 367 g/mol. The molecule has 0 saturated carbocycles. The van der Waals surface area contributed by atoms with Gasteiger partial charge in [0.15, 0.2) is 5.75 Å². The maximum absolute atomic E-state index is 12.2. The lowest BCUT2D eigenvalue weighted by Gasteiger charge is -2.09. The molecule has 0 aliphatic heterocycles. The highest BCUT2D eigenvalue weighted by atomic mass is 79.9. The Morgan fingerprint density at radius 2 is 1.90 bits per heavy atom. The van der Waals surface area contributed by atoms with Crippen molar-refractivity contribution >= 4 is 45.1 Å². The Balaban J connectivity index is 2.30. The van der Waals surface area contributed by atoms with E-state index in [0.29, 0.717) is 25.8 Å². The molecule has 0 aliphatic carbocycles. The van der Waals surface area contributed by atoms with Crippen molar-refractivity contribution in [1.82, 2.24) is 0 Å². The van der Waals surface area contributed by atoms with Crippen LogP contribution in [0.15, 0.2) is 40.9 Å². The van der Waals surface area contributed by atoms with E-state index in [9.17, 15) is 4.79 Å². The zero-order valence-corrected chi connectivity index (χ0v) is 13.4. The van der Waals surface area contributed by atoms with Crippen molar-refractivity contribution in [3.63, 3.8) is 0 Å². The van der Waals surface area contributed by atoms with Gasteiger partial charge in [-0.2, -0.15) is 0 Å². The molecule has 2 aromatic rings. The van der Waals surface area contributed by atoms with Crippen LogP contribution in [0, 0.1) is 0 Å². The van der Waals surface area contributed by atoms with Gasteiger partial charge < -0.3 is 9.47 Å². The van der Waals surface area contributed by atoms with E-state index in [1.807, 2.05) is 0 Å². The lowest BCUT2D eigenvalue weighted by Crippen LogP contribution is -2.09. The first-order chi connectivity index (χ1) is 9.51. The summed E-state index contributed by atoms with van der Waals surface area (Å²) in [7, 11) is 1.52. The van der Waals surface area contributed by atoms with Gasteiger partial charge in [0, 0.05) is 15.6 Å². The minimum absolute atomic E-state index is 0.207. The summed E-state index contributed by atoms with van der Waals surface area (Å²) in [6.07, 6.45) is 0. The predicted octanol–water partition coefficient (Wildman–Crippen LogP) is 4.98. The Morgan fingerprint density at radius 1 is 1.15 bits per heavy atom. The fourth-order valence-corrected chi connectivity index (χ4v) is 2.22. The monoisotopic (exact) mass is 374 g/mol. The molecular formula is C14H9BrCl2O3. The molecule has 0 radical (unpaired) electrons. The topological polar surface area (TPSA) is 35.5 Å². The summed E-state index contributed by atoms with van der Waals surface area (Å²) in [4.78, 5) is 12.2. The van der Waals surface area contributed by atoms with Crippen molar-refractivity contribution in [1.29, 1.82) is 0 Å². The quantitative estimate of drug-likeness (QED) is 0.560.